The third-order valence-corrected chi connectivity index (χ3v) is 4.35. The van der Waals surface area contributed by atoms with Gasteiger partial charge in [0.1, 0.15) is 11.6 Å². The van der Waals surface area contributed by atoms with Crippen LogP contribution in [0.15, 0.2) is 57.2 Å². The summed E-state index contributed by atoms with van der Waals surface area (Å²) in [6.07, 6.45) is -4.40. The zero-order valence-corrected chi connectivity index (χ0v) is 12.7. The van der Waals surface area contributed by atoms with Gasteiger partial charge in [-0.25, -0.2) is 18.1 Å². The number of benzene rings is 2. The highest BCUT2D eigenvalue weighted by molar-refractivity contribution is 8.03. The zero-order valence-electron chi connectivity index (χ0n) is 11.9. The minimum atomic E-state index is -4.40. The molecular weight excluding hydrogens is 347 g/mol. The quantitative estimate of drug-likeness (QED) is 0.639. The van der Waals surface area contributed by atoms with Gasteiger partial charge in [0.25, 0.3) is 0 Å². The average molecular weight is 356 g/mol. The first-order valence-electron chi connectivity index (χ1n) is 6.65. The van der Waals surface area contributed by atoms with Gasteiger partial charge in [-0.3, -0.25) is 0 Å². The second-order valence-electron chi connectivity index (χ2n) is 4.84. The molecule has 0 spiro atoms. The highest BCUT2D eigenvalue weighted by atomic mass is 32.2. The number of rotatable bonds is 2. The van der Waals surface area contributed by atoms with Gasteiger partial charge in [0.15, 0.2) is 0 Å². The Labute approximate surface area is 136 Å². The van der Waals surface area contributed by atoms with Gasteiger partial charge in [-0.2, -0.15) is 13.2 Å². The van der Waals surface area contributed by atoms with Crippen LogP contribution in [0.25, 0.3) is 5.70 Å². The molecule has 0 amide bonds. The van der Waals surface area contributed by atoms with Gasteiger partial charge < -0.3 is 0 Å². The Bertz CT molecular complexity index is 867. The smallest absolute Gasteiger partial charge is 0.247 e. The number of hydrogen-bond acceptors (Lipinski definition) is 2. The van der Waals surface area contributed by atoms with Crippen molar-refractivity contribution < 1.29 is 22.0 Å². The topological polar surface area (TPSA) is 24.7 Å². The monoisotopic (exact) mass is 356 g/mol. The number of aliphatic imine (C=N–C) groups is 1. The van der Waals surface area contributed by atoms with Gasteiger partial charge in [0.05, 0.1) is 22.5 Å². The molecule has 0 fully saturated rings. The second-order valence-corrected chi connectivity index (χ2v) is 6.17. The Morgan fingerprint density at radius 3 is 2.29 bits per heavy atom. The van der Waals surface area contributed by atoms with Crippen LogP contribution in [0.5, 0.6) is 0 Å². The fourth-order valence-corrected chi connectivity index (χ4v) is 3.16. The number of halogens is 5. The third-order valence-electron chi connectivity index (χ3n) is 3.14. The van der Waals surface area contributed by atoms with E-state index in [4.69, 9.17) is 0 Å². The highest BCUT2D eigenvalue weighted by Crippen LogP contribution is 2.31. The van der Waals surface area contributed by atoms with E-state index in [0.717, 1.165) is 24.3 Å². The predicted molar refractivity (Wildman–Crippen MR) is 83.7 cm³/mol. The van der Waals surface area contributed by atoms with E-state index < -0.39 is 34.1 Å². The van der Waals surface area contributed by atoms with E-state index in [2.05, 4.69) is 9.36 Å². The molecule has 1 aliphatic heterocycles. The van der Waals surface area contributed by atoms with Crippen LogP contribution in [0.4, 0.5) is 27.6 Å². The zero-order chi connectivity index (χ0) is 17.3. The Morgan fingerprint density at radius 1 is 0.958 bits per heavy atom. The van der Waals surface area contributed by atoms with Crippen molar-refractivity contribution in [1.29, 1.82) is 0 Å². The molecule has 124 valence electrons. The largest absolute Gasteiger partial charge is 0.416 e. The molecule has 0 aromatic heterocycles. The Balaban J connectivity index is 1.85. The Morgan fingerprint density at radius 2 is 1.67 bits per heavy atom. The molecule has 0 radical (unpaired) electrons. The molecule has 2 nitrogen and oxygen atoms in total. The third kappa shape index (κ3) is 3.59. The van der Waals surface area contributed by atoms with Crippen molar-refractivity contribution in [1.82, 2.24) is 0 Å². The summed E-state index contributed by atoms with van der Waals surface area (Å²) < 4.78 is 68.4. The van der Waals surface area contributed by atoms with Crippen LogP contribution >= 0.6 is 0 Å². The lowest BCUT2D eigenvalue weighted by molar-refractivity contribution is -0.137. The predicted octanol–water partition coefficient (Wildman–Crippen LogP) is 5.46. The van der Waals surface area contributed by atoms with Gasteiger partial charge >= 0.3 is 6.18 Å². The minimum Gasteiger partial charge on any atom is -0.247 e. The van der Waals surface area contributed by atoms with Crippen molar-refractivity contribution in [3.05, 3.63) is 70.6 Å². The summed E-state index contributed by atoms with van der Waals surface area (Å²) in [5.41, 5.74) is 1.52. The summed E-state index contributed by atoms with van der Waals surface area (Å²) in [6, 6.07) is 7.56. The van der Waals surface area contributed by atoms with Crippen LogP contribution in [0.1, 0.15) is 11.1 Å². The van der Waals surface area contributed by atoms with Crippen LogP contribution in [-0.2, 0) is 16.9 Å². The first-order chi connectivity index (χ1) is 11.3. The fraction of sp³-hybridized carbons (Fsp3) is 0.0625. The van der Waals surface area contributed by atoms with Gasteiger partial charge in [-0.15, -0.1) is 0 Å². The van der Waals surface area contributed by atoms with E-state index in [9.17, 15) is 22.0 Å². The average Bonchev–Trinajstić information content (AvgIpc) is 2.95. The Kier molecular flexibility index (Phi) is 4.31. The van der Waals surface area contributed by atoms with Gasteiger partial charge in [0.2, 0.25) is 0 Å². The fourth-order valence-electron chi connectivity index (χ4n) is 2.00. The molecular formula is C16H9F5N2S. The van der Waals surface area contributed by atoms with Crippen molar-refractivity contribution in [2.45, 2.75) is 6.18 Å². The summed E-state index contributed by atoms with van der Waals surface area (Å²) >= 11 is 0. The van der Waals surface area contributed by atoms with E-state index in [0.29, 0.717) is 11.4 Å². The summed E-state index contributed by atoms with van der Waals surface area (Å²) in [5, 5.41) is 1.58. The molecule has 1 atom stereocenters. The lowest BCUT2D eigenvalue weighted by Gasteiger charge is -2.05. The normalized spacial score (nSPS) is 17.4. The molecule has 0 bridgehead atoms. The van der Waals surface area contributed by atoms with Crippen molar-refractivity contribution in [3.63, 3.8) is 0 Å². The molecule has 0 aliphatic carbocycles. The molecule has 2 aromatic carbocycles. The summed E-state index contributed by atoms with van der Waals surface area (Å²) in [6.45, 7) is 0. The summed E-state index contributed by atoms with van der Waals surface area (Å²) in [7, 11) is -0.821. The molecule has 1 heterocycles. The first-order valence-corrected chi connectivity index (χ1v) is 7.96. The van der Waals surface area contributed by atoms with E-state index in [1.807, 2.05) is 0 Å². The maximum absolute atomic E-state index is 13.7. The molecule has 0 saturated heterocycles. The van der Waals surface area contributed by atoms with Crippen molar-refractivity contribution in [2.75, 3.05) is 0 Å². The number of hydrogen-bond donors (Lipinski definition) is 0. The van der Waals surface area contributed by atoms with Crippen molar-refractivity contribution >= 4 is 27.6 Å². The molecule has 3 rings (SSSR count). The maximum atomic E-state index is 13.7. The van der Waals surface area contributed by atoms with Crippen LogP contribution in [-0.4, -0.2) is 5.55 Å². The lowest BCUT2D eigenvalue weighted by atomic mass is 10.1. The van der Waals surface area contributed by atoms with Gasteiger partial charge in [-0.05, 0) is 47.1 Å². The van der Waals surface area contributed by atoms with Crippen LogP contribution in [0.2, 0.25) is 0 Å². The van der Waals surface area contributed by atoms with E-state index in [1.54, 1.807) is 5.41 Å². The summed E-state index contributed by atoms with van der Waals surface area (Å²) in [5.74, 6) is -1.43. The second kappa shape index (κ2) is 6.27. The molecule has 8 heteroatoms. The highest BCUT2D eigenvalue weighted by Gasteiger charge is 2.29. The molecule has 0 N–H and O–H groups in total. The van der Waals surface area contributed by atoms with Gasteiger partial charge in [-0.1, -0.05) is 0 Å². The SMILES string of the molecule is Fc1ccc(C2=CS(=Nc3ccc(C(F)(F)F)cc3)C=N2)c(F)c1. The van der Waals surface area contributed by atoms with Gasteiger partial charge in [0, 0.05) is 17.0 Å². The van der Waals surface area contributed by atoms with Crippen LogP contribution in [0.3, 0.4) is 0 Å². The minimum absolute atomic E-state index is 0.144. The lowest BCUT2D eigenvalue weighted by Crippen LogP contribution is -2.03. The van der Waals surface area contributed by atoms with Crippen LogP contribution < -0.4 is 0 Å². The van der Waals surface area contributed by atoms with Crippen molar-refractivity contribution in [2.24, 2.45) is 9.36 Å². The van der Waals surface area contributed by atoms with E-state index >= 15 is 0 Å². The standard InChI is InChI=1S/C16H9F5N2S/c17-11-3-6-13(14(18)7-11)15-8-24(9-22-15)23-12-4-1-10(2-5-12)16(19,20)21/h1-9H. The number of alkyl halides is 3. The molecule has 1 aliphatic rings. The summed E-state index contributed by atoms with van der Waals surface area (Å²) in [4.78, 5) is 4.04. The number of nitrogens with zero attached hydrogens (tertiary/aromatic N) is 2. The van der Waals surface area contributed by atoms with Crippen molar-refractivity contribution in [3.8, 4) is 0 Å². The first kappa shape index (κ1) is 16.5. The molecule has 1 unspecified atom stereocenters. The van der Waals surface area contributed by atoms with E-state index in [1.165, 1.54) is 23.7 Å². The van der Waals surface area contributed by atoms with E-state index in [-0.39, 0.29) is 5.56 Å². The molecule has 2 aromatic rings. The van der Waals surface area contributed by atoms with Crippen LogP contribution in [0, 0.1) is 11.6 Å². The molecule has 24 heavy (non-hydrogen) atoms. The Hall–Kier alpha value is -2.35. The molecule has 0 saturated carbocycles. The maximum Gasteiger partial charge on any atom is 0.416 e.